The highest BCUT2D eigenvalue weighted by Gasteiger charge is 2.18. The lowest BCUT2D eigenvalue weighted by atomic mass is 10.0. The van der Waals surface area contributed by atoms with Crippen molar-refractivity contribution in [3.8, 4) is 5.75 Å². The van der Waals surface area contributed by atoms with Crippen molar-refractivity contribution in [3.05, 3.63) is 29.8 Å². The zero-order chi connectivity index (χ0) is 20.9. The van der Waals surface area contributed by atoms with Gasteiger partial charge in [-0.05, 0) is 37.7 Å². The molecule has 1 fully saturated rings. The van der Waals surface area contributed by atoms with Gasteiger partial charge in [-0.25, -0.2) is 0 Å². The van der Waals surface area contributed by atoms with E-state index in [-0.39, 0.29) is 6.04 Å². The third-order valence-corrected chi connectivity index (χ3v) is 5.32. The largest absolute Gasteiger partial charge is 0.497 e. The number of nitrogens with zero attached hydrogens (tertiary/aromatic N) is 3. The Labute approximate surface area is 176 Å². The highest BCUT2D eigenvalue weighted by Crippen LogP contribution is 2.24. The fourth-order valence-corrected chi connectivity index (χ4v) is 3.62. The Morgan fingerprint density at radius 2 is 1.97 bits per heavy atom. The molecule has 0 aromatic heterocycles. The molecule has 2 rings (SSSR count). The van der Waals surface area contributed by atoms with Gasteiger partial charge in [0.05, 0.1) is 32.9 Å². The van der Waals surface area contributed by atoms with Crippen LogP contribution in [0.15, 0.2) is 29.3 Å². The Balaban J connectivity index is 2.03. The molecule has 0 amide bonds. The van der Waals surface area contributed by atoms with E-state index in [2.05, 4.69) is 59.4 Å². The topological polar surface area (TPSA) is 61.4 Å². The summed E-state index contributed by atoms with van der Waals surface area (Å²) in [5.41, 5.74) is 1.24. The van der Waals surface area contributed by atoms with Crippen molar-refractivity contribution in [1.82, 2.24) is 20.4 Å². The summed E-state index contributed by atoms with van der Waals surface area (Å²) in [7, 11) is 1.71. The minimum Gasteiger partial charge on any atom is -0.497 e. The second kappa shape index (κ2) is 13.4. The third kappa shape index (κ3) is 7.84. The number of rotatable bonds is 11. The first kappa shape index (κ1) is 23.4. The van der Waals surface area contributed by atoms with Crippen molar-refractivity contribution in [2.75, 3.05) is 72.7 Å². The van der Waals surface area contributed by atoms with E-state index >= 15 is 0 Å². The number of hydrogen-bond acceptors (Lipinski definition) is 5. The molecule has 164 valence electrons. The molecule has 0 aliphatic carbocycles. The molecule has 1 aromatic rings. The summed E-state index contributed by atoms with van der Waals surface area (Å²) >= 11 is 0. The van der Waals surface area contributed by atoms with Crippen molar-refractivity contribution in [3.63, 3.8) is 0 Å². The van der Waals surface area contributed by atoms with E-state index in [0.29, 0.717) is 6.54 Å². The first-order valence-electron chi connectivity index (χ1n) is 10.9. The molecule has 7 nitrogen and oxygen atoms in total. The van der Waals surface area contributed by atoms with E-state index in [1.807, 2.05) is 6.07 Å². The monoisotopic (exact) mass is 405 g/mol. The van der Waals surface area contributed by atoms with Crippen molar-refractivity contribution >= 4 is 5.96 Å². The number of guanidine groups is 1. The molecule has 0 bridgehead atoms. The first-order chi connectivity index (χ1) is 14.2. The van der Waals surface area contributed by atoms with Crippen LogP contribution in [-0.4, -0.2) is 88.4 Å². The average Bonchev–Trinajstić information content (AvgIpc) is 2.77. The lowest BCUT2D eigenvalue weighted by molar-refractivity contribution is 0.0389. The number of hydrogen-bond donors (Lipinski definition) is 2. The molecular formula is C22H39N5O2. The predicted octanol–water partition coefficient (Wildman–Crippen LogP) is 1.97. The van der Waals surface area contributed by atoms with Crippen LogP contribution >= 0.6 is 0 Å². The Kier molecular flexibility index (Phi) is 10.8. The molecular weight excluding hydrogens is 366 g/mol. The van der Waals surface area contributed by atoms with E-state index in [9.17, 15) is 0 Å². The lowest BCUT2D eigenvalue weighted by Gasteiger charge is -2.29. The van der Waals surface area contributed by atoms with Gasteiger partial charge in [-0.3, -0.25) is 14.8 Å². The van der Waals surface area contributed by atoms with Crippen LogP contribution < -0.4 is 15.4 Å². The molecule has 1 saturated heterocycles. The molecule has 0 saturated carbocycles. The van der Waals surface area contributed by atoms with Gasteiger partial charge in [0.25, 0.3) is 0 Å². The summed E-state index contributed by atoms with van der Waals surface area (Å²) < 4.78 is 10.9. The fraction of sp³-hybridized carbons (Fsp3) is 0.682. The standard InChI is InChI=1S/C22H39N5O2/c1-5-23-22(24-11-12-26-13-15-29-16-14-26)25-18-21(27(6-2)7-3)19-9-8-10-20(17-19)28-4/h8-10,17,21H,5-7,11-16,18H2,1-4H3,(H2,23,24,25). The molecule has 2 N–H and O–H groups in total. The highest BCUT2D eigenvalue weighted by molar-refractivity contribution is 5.79. The SMILES string of the molecule is CCNC(=NCC(c1cccc(OC)c1)N(CC)CC)NCCN1CCOCC1. The molecule has 1 unspecified atom stereocenters. The van der Waals surface area contributed by atoms with Crippen LogP contribution in [-0.2, 0) is 4.74 Å². The predicted molar refractivity (Wildman–Crippen MR) is 120 cm³/mol. The number of morpholine rings is 1. The van der Waals surface area contributed by atoms with Crippen LogP contribution in [0.3, 0.4) is 0 Å². The van der Waals surface area contributed by atoms with Gasteiger partial charge in [0.1, 0.15) is 5.75 Å². The second-order valence-corrected chi connectivity index (χ2v) is 7.11. The number of nitrogens with one attached hydrogen (secondary N) is 2. The first-order valence-corrected chi connectivity index (χ1v) is 10.9. The van der Waals surface area contributed by atoms with E-state index in [1.54, 1.807) is 7.11 Å². The number of aliphatic imine (C=N–C) groups is 1. The van der Waals surface area contributed by atoms with Crippen LogP contribution in [0.4, 0.5) is 0 Å². The van der Waals surface area contributed by atoms with Crippen LogP contribution in [0.25, 0.3) is 0 Å². The lowest BCUT2D eigenvalue weighted by Crippen LogP contribution is -2.44. The molecule has 29 heavy (non-hydrogen) atoms. The summed E-state index contributed by atoms with van der Waals surface area (Å²) in [5, 5.41) is 6.86. The van der Waals surface area contributed by atoms with Gasteiger partial charge in [-0.2, -0.15) is 0 Å². The number of methoxy groups -OCH3 is 1. The van der Waals surface area contributed by atoms with Gasteiger partial charge in [-0.1, -0.05) is 26.0 Å². The number of ether oxygens (including phenoxy) is 2. The van der Waals surface area contributed by atoms with Crippen LogP contribution in [0.2, 0.25) is 0 Å². The minimum absolute atomic E-state index is 0.217. The maximum atomic E-state index is 5.43. The van der Waals surface area contributed by atoms with Gasteiger partial charge in [-0.15, -0.1) is 0 Å². The summed E-state index contributed by atoms with van der Waals surface area (Å²) in [6, 6.07) is 8.55. The molecule has 1 atom stereocenters. The highest BCUT2D eigenvalue weighted by atomic mass is 16.5. The zero-order valence-electron chi connectivity index (χ0n) is 18.6. The maximum absolute atomic E-state index is 5.43. The summed E-state index contributed by atoms with van der Waals surface area (Å²) in [5.74, 6) is 1.76. The van der Waals surface area contributed by atoms with E-state index < -0.39 is 0 Å². The Hall–Kier alpha value is -1.83. The van der Waals surface area contributed by atoms with Crippen LogP contribution in [0.5, 0.6) is 5.75 Å². The van der Waals surface area contributed by atoms with Crippen molar-refractivity contribution in [1.29, 1.82) is 0 Å². The molecule has 1 aliphatic heterocycles. The maximum Gasteiger partial charge on any atom is 0.191 e. The van der Waals surface area contributed by atoms with Crippen molar-refractivity contribution in [2.45, 2.75) is 26.8 Å². The fourth-order valence-electron chi connectivity index (χ4n) is 3.62. The van der Waals surface area contributed by atoms with Gasteiger partial charge < -0.3 is 20.1 Å². The van der Waals surface area contributed by atoms with Gasteiger partial charge in [0.15, 0.2) is 5.96 Å². The second-order valence-electron chi connectivity index (χ2n) is 7.11. The number of likely N-dealkylation sites (N-methyl/N-ethyl adjacent to an activating group) is 1. The summed E-state index contributed by atoms with van der Waals surface area (Å²) in [6.07, 6.45) is 0. The Morgan fingerprint density at radius 1 is 1.21 bits per heavy atom. The minimum atomic E-state index is 0.217. The molecule has 0 radical (unpaired) electrons. The number of benzene rings is 1. The molecule has 0 spiro atoms. The summed E-state index contributed by atoms with van der Waals surface area (Å²) in [4.78, 5) is 9.78. The Bertz CT molecular complexity index is 601. The Morgan fingerprint density at radius 3 is 2.62 bits per heavy atom. The van der Waals surface area contributed by atoms with Gasteiger partial charge in [0, 0.05) is 32.7 Å². The van der Waals surface area contributed by atoms with Crippen LogP contribution in [0.1, 0.15) is 32.4 Å². The smallest absolute Gasteiger partial charge is 0.191 e. The normalized spacial score (nSPS) is 16.7. The molecule has 1 aromatic carbocycles. The van der Waals surface area contributed by atoms with Gasteiger partial charge in [0.2, 0.25) is 0 Å². The molecule has 7 heteroatoms. The van der Waals surface area contributed by atoms with Gasteiger partial charge >= 0.3 is 0 Å². The third-order valence-electron chi connectivity index (χ3n) is 5.32. The van der Waals surface area contributed by atoms with E-state index in [4.69, 9.17) is 14.5 Å². The van der Waals surface area contributed by atoms with E-state index in [1.165, 1.54) is 5.56 Å². The van der Waals surface area contributed by atoms with Crippen molar-refractivity contribution < 1.29 is 9.47 Å². The average molecular weight is 406 g/mol. The van der Waals surface area contributed by atoms with E-state index in [0.717, 1.165) is 70.7 Å². The van der Waals surface area contributed by atoms with Crippen molar-refractivity contribution in [2.24, 2.45) is 4.99 Å². The zero-order valence-corrected chi connectivity index (χ0v) is 18.6. The molecule has 1 heterocycles. The quantitative estimate of drug-likeness (QED) is 0.434. The molecule has 1 aliphatic rings. The van der Waals surface area contributed by atoms with Crippen LogP contribution in [0, 0.1) is 0 Å². The summed E-state index contributed by atoms with van der Waals surface area (Å²) in [6.45, 7) is 15.6.